The van der Waals surface area contributed by atoms with Gasteiger partial charge in [0.1, 0.15) is 12.9 Å². The topological polar surface area (TPSA) is 123 Å². The van der Waals surface area contributed by atoms with Crippen molar-refractivity contribution in [3.05, 3.63) is 67.0 Å². The van der Waals surface area contributed by atoms with E-state index in [2.05, 4.69) is 37.0 Å². The zero-order chi connectivity index (χ0) is 30.3. The van der Waals surface area contributed by atoms with E-state index in [9.17, 15) is 9.36 Å². The van der Waals surface area contributed by atoms with Crippen LogP contribution in [0, 0.1) is 0 Å². The first-order valence-corrected chi connectivity index (χ1v) is 16.4. The zero-order valence-electron chi connectivity index (χ0n) is 24.1. The van der Waals surface area contributed by atoms with Crippen LogP contribution >= 0.6 is 18.9 Å². The summed E-state index contributed by atoms with van der Waals surface area (Å²) in [5, 5.41) is 15.8. The fraction of sp³-hybridized carbons (Fsp3) is 0.345. The van der Waals surface area contributed by atoms with E-state index in [1.807, 2.05) is 12.1 Å². The largest absolute Gasteiger partial charge is 0.495 e. The Bertz CT molecular complexity index is 1440. The molecule has 4 rings (SSSR count). The minimum absolute atomic E-state index is 0.148. The van der Waals surface area contributed by atoms with E-state index in [-0.39, 0.29) is 12.5 Å². The Morgan fingerprint density at radius 1 is 1.12 bits per heavy atom. The van der Waals surface area contributed by atoms with Crippen molar-refractivity contribution in [3.63, 3.8) is 0 Å². The summed E-state index contributed by atoms with van der Waals surface area (Å²) in [5.74, 6) is 0.561. The molecule has 1 aromatic heterocycles. The van der Waals surface area contributed by atoms with Crippen molar-refractivity contribution in [1.29, 1.82) is 0 Å². The number of hydrogen-bond donors (Lipinski definition) is 3. The summed E-state index contributed by atoms with van der Waals surface area (Å²) in [6.07, 6.45) is 3.11. The van der Waals surface area contributed by atoms with Crippen molar-refractivity contribution in [3.8, 4) is 5.75 Å². The van der Waals surface area contributed by atoms with Gasteiger partial charge in [-0.3, -0.25) is 14.6 Å². The fourth-order valence-electron chi connectivity index (χ4n) is 4.59. The van der Waals surface area contributed by atoms with Gasteiger partial charge in [-0.1, -0.05) is 18.7 Å². The fourth-order valence-corrected chi connectivity index (χ4v) is 6.05. The first-order chi connectivity index (χ1) is 20.1. The third kappa shape index (κ3) is 8.08. The van der Waals surface area contributed by atoms with Crippen LogP contribution in [0.3, 0.4) is 0 Å². The number of halogens is 1. The number of nitrogens with one attached hydrogen (secondary N) is 2. The Morgan fingerprint density at radius 3 is 2.43 bits per heavy atom. The van der Waals surface area contributed by atoms with Gasteiger partial charge in [-0.15, -0.1) is 0 Å². The summed E-state index contributed by atoms with van der Waals surface area (Å²) in [6, 6.07) is 12.5. The predicted octanol–water partition coefficient (Wildman–Crippen LogP) is 3.87. The molecule has 11 nitrogen and oxygen atoms in total. The molecule has 0 unspecified atom stereocenters. The SMILES string of the molecule is C=C(CN1CCN(CCO)CC1)C(=O)Nc1ccc(OC)c(Nc2ncc(N(Cl)c3ccccc3P(C)(C)=O)cn2)c1. The highest BCUT2D eigenvalue weighted by Crippen LogP contribution is 2.40. The average Bonchev–Trinajstić information content (AvgIpc) is 2.98. The molecule has 0 radical (unpaired) electrons. The summed E-state index contributed by atoms with van der Waals surface area (Å²) in [4.78, 5) is 26.1. The number of aromatic nitrogens is 2. The Morgan fingerprint density at radius 2 is 1.79 bits per heavy atom. The number of amides is 1. The molecule has 0 saturated carbocycles. The van der Waals surface area contributed by atoms with Crippen molar-refractivity contribution in [2.24, 2.45) is 0 Å². The van der Waals surface area contributed by atoms with Gasteiger partial charge in [0, 0.05) is 67.6 Å². The third-order valence-corrected chi connectivity index (χ3v) is 8.77. The average molecular weight is 614 g/mol. The van der Waals surface area contributed by atoms with Crippen LogP contribution in [0.4, 0.5) is 28.7 Å². The van der Waals surface area contributed by atoms with Gasteiger partial charge in [-0.25, -0.2) is 14.4 Å². The van der Waals surface area contributed by atoms with Crippen LogP contribution < -0.4 is 25.1 Å². The second kappa shape index (κ2) is 14.1. The number of carbonyl (C=O) groups excluding carboxylic acids is 1. The van der Waals surface area contributed by atoms with Gasteiger partial charge in [0.25, 0.3) is 5.91 Å². The van der Waals surface area contributed by atoms with E-state index in [0.717, 1.165) is 26.2 Å². The van der Waals surface area contributed by atoms with Crippen LogP contribution in [-0.4, -0.2) is 97.1 Å². The Hall–Kier alpha value is -3.47. The quantitative estimate of drug-likeness (QED) is 0.158. The van der Waals surface area contributed by atoms with Crippen LogP contribution in [0.25, 0.3) is 0 Å². The highest BCUT2D eigenvalue weighted by Gasteiger charge is 2.21. The number of β-amino-alcohol motifs (C(OH)–C–C–N with tert-alkyl or cyclic N) is 1. The number of rotatable bonds is 12. The van der Waals surface area contributed by atoms with Crippen molar-refractivity contribution in [2.45, 2.75) is 0 Å². The van der Waals surface area contributed by atoms with Crippen molar-refractivity contribution >= 4 is 58.8 Å². The lowest BCUT2D eigenvalue weighted by atomic mass is 10.2. The summed E-state index contributed by atoms with van der Waals surface area (Å²) < 4.78 is 19.6. The number of nitrogens with zero attached hydrogens (tertiary/aromatic N) is 5. The molecule has 3 N–H and O–H groups in total. The second-order valence-corrected chi connectivity index (χ2v) is 13.8. The number of benzene rings is 2. The number of carbonyl (C=O) groups is 1. The summed E-state index contributed by atoms with van der Waals surface area (Å²) in [5.41, 5.74) is 2.68. The maximum Gasteiger partial charge on any atom is 0.252 e. The predicted molar refractivity (Wildman–Crippen MR) is 170 cm³/mol. The maximum absolute atomic E-state index is 12.9. The lowest BCUT2D eigenvalue weighted by molar-refractivity contribution is -0.113. The second-order valence-electron chi connectivity index (χ2n) is 10.3. The number of piperazine rings is 1. The molecule has 0 atom stereocenters. The number of ether oxygens (including phenoxy) is 1. The molecule has 1 amide bonds. The lowest BCUT2D eigenvalue weighted by Crippen LogP contribution is -2.48. The molecule has 1 aliphatic rings. The molecule has 13 heteroatoms. The van der Waals surface area contributed by atoms with Gasteiger partial charge in [0.15, 0.2) is 0 Å². The molecule has 1 aliphatic heterocycles. The minimum atomic E-state index is -2.57. The van der Waals surface area contributed by atoms with Crippen LogP contribution in [0.15, 0.2) is 67.0 Å². The molecule has 224 valence electrons. The zero-order valence-corrected chi connectivity index (χ0v) is 25.7. The summed E-state index contributed by atoms with van der Waals surface area (Å²) in [7, 11) is -1.02. The molecular weight excluding hydrogens is 577 g/mol. The number of hydrogen-bond acceptors (Lipinski definition) is 10. The molecule has 0 bridgehead atoms. The lowest BCUT2D eigenvalue weighted by Gasteiger charge is -2.34. The molecule has 2 heterocycles. The van der Waals surface area contributed by atoms with Crippen molar-refractivity contribution in [1.82, 2.24) is 19.8 Å². The normalized spacial score (nSPS) is 14.3. The van der Waals surface area contributed by atoms with Gasteiger partial charge in [-0.2, -0.15) is 0 Å². The standard InChI is InChI=1S/C29H37ClN7O4P/c1-21(20-36-13-11-35(12-14-36)15-16-38)28(39)33-22-9-10-26(41-2)24(17-22)34-29-31-18-23(19-32-29)37(30)25-7-5-6-8-27(25)42(3,4)40/h5-10,17-19,38H,1,11-16,20H2,2-4H3,(H,33,39)(H,31,32,34). The Labute approximate surface area is 251 Å². The number of para-hydroxylation sites is 1. The number of aliphatic hydroxyl groups is 1. The molecule has 2 aromatic carbocycles. The molecular formula is C29H37ClN7O4P. The number of anilines is 5. The van der Waals surface area contributed by atoms with Gasteiger partial charge >= 0.3 is 0 Å². The highest BCUT2D eigenvalue weighted by molar-refractivity contribution is 7.70. The van der Waals surface area contributed by atoms with Crippen LogP contribution in [0.5, 0.6) is 5.75 Å². The van der Waals surface area contributed by atoms with Crippen LogP contribution in [0.2, 0.25) is 0 Å². The smallest absolute Gasteiger partial charge is 0.252 e. The van der Waals surface area contributed by atoms with Crippen molar-refractivity contribution < 1.29 is 19.2 Å². The Kier molecular flexibility index (Phi) is 10.6. The first-order valence-electron chi connectivity index (χ1n) is 13.5. The number of aliphatic hydroxyl groups excluding tert-OH is 1. The number of methoxy groups -OCH3 is 1. The van der Waals surface area contributed by atoms with Gasteiger partial charge < -0.3 is 25.0 Å². The Balaban J connectivity index is 1.41. The van der Waals surface area contributed by atoms with Crippen LogP contribution in [-0.2, 0) is 9.36 Å². The van der Waals surface area contributed by atoms with Gasteiger partial charge in [0.05, 0.1) is 43.2 Å². The van der Waals surface area contributed by atoms with E-state index in [1.165, 1.54) is 4.42 Å². The van der Waals surface area contributed by atoms with Crippen molar-refractivity contribution in [2.75, 3.05) is 81.4 Å². The highest BCUT2D eigenvalue weighted by atomic mass is 35.5. The minimum Gasteiger partial charge on any atom is -0.495 e. The van der Waals surface area contributed by atoms with E-state index < -0.39 is 7.14 Å². The molecule has 3 aromatic rings. The van der Waals surface area contributed by atoms with E-state index in [4.69, 9.17) is 21.6 Å². The summed E-state index contributed by atoms with van der Waals surface area (Å²) in [6.45, 7) is 12.0. The van der Waals surface area contributed by atoms with Gasteiger partial charge in [-0.05, 0) is 43.7 Å². The van der Waals surface area contributed by atoms with E-state index in [0.29, 0.717) is 58.4 Å². The molecule has 0 spiro atoms. The molecule has 0 aliphatic carbocycles. The molecule has 1 fully saturated rings. The maximum atomic E-state index is 12.9. The third-order valence-electron chi connectivity index (χ3n) is 6.86. The van der Waals surface area contributed by atoms with E-state index in [1.54, 1.807) is 63.2 Å². The summed E-state index contributed by atoms with van der Waals surface area (Å²) >= 11 is 6.61. The van der Waals surface area contributed by atoms with E-state index >= 15 is 0 Å². The van der Waals surface area contributed by atoms with Gasteiger partial charge in [0.2, 0.25) is 5.95 Å². The van der Waals surface area contributed by atoms with Crippen LogP contribution in [0.1, 0.15) is 0 Å². The monoisotopic (exact) mass is 613 g/mol. The molecule has 42 heavy (non-hydrogen) atoms. The molecule has 1 saturated heterocycles. The first kappa shape index (κ1) is 31.5.